The van der Waals surface area contributed by atoms with Gasteiger partial charge in [0, 0.05) is 0 Å². The van der Waals surface area contributed by atoms with Gasteiger partial charge in [-0.05, 0) is 18.8 Å². The smallest absolute Gasteiger partial charge is 0.336 e. The summed E-state index contributed by atoms with van der Waals surface area (Å²) in [6.45, 7) is 0. The van der Waals surface area contributed by atoms with E-state index in [1.807, 2.05) is 0 Å². The van der Waals surface area contributed by atoms with Gasteiger partial charge in [0.2, 0.25) is 0 Å². The quantitative estimate of drug-likeness (QED) is 0.518. The van der Waals surface area contributed by atoms with Gasteiger partial charge in [-0.3, -0.25) is 0 Å². The molecule has 0 bridgehead atoms. The molecule has 2 aromatic rings. The third-order valence-corrected chi connectivity index (χ3v) is 5.76. The Hall–Kier alpha value is -1.63. The molecule has 0 aliphatic rings. The van der Waals surface area contributed by atoms with E-state index in [0.717, 1.165) is 0 Å². The Morgan fingerprint density at radius 2 is 2.00 bits per heavy atom. The molecule has 0 aliphatic heterocycles. The summed E-state index contributed by atoms with van der Waals surface area (Å²) in [6, 6.07) is 0. The summed E-state index contributed by atoms with van der Waals surface area (Å²) in [6.07, 6.45) is 8.09. The second-order valence-electron chi connectivity index (χ2n) is 4.87. The van der Waals surface area contributed by atoms with Crippen molar-refractivity contribution >= 4 is 25.6 Å². The zero-order valence-corrected chi connectivity index (χ0v) is 10.2. The van der Waals surface area contributed by atoms with Crippen LogP contribution in [0.5, 0.6) is 0 Å². The van der Waals surface area contributed by atoms with E-state index in [9.17, 15) is 9.90 Å². The molecule has 2 aromatic heterocycles. The second-order valence-corrected chi connectivity index (χ2v) is 11.3. The number of H-pyrrole nitrogens is 1. The number of aromatic nitrogens is 4. The van der Waals surface area contributed by atoms with Crippen LogP contribution >= 0.6 is 9.16 Å². The number of hydrogen-bond acceptors (Lipinski definition) is 4. The van der Waals surface area contributed by atoms with Crippen LogP contribution < -0.4 is 0 Å². The lowest BCUT2D eigenvalue weighted by Crippen LogP contribution is -2.24. The molecule has 2 rings (SSSR count). The number of imidazole rings is 1. The second kappa shape index (κ2) is 2.94. The monoisotopic (exact) mass is 242 g/mol. The van der Waals surface area contributed by atoms with Crippen LogP contribution in [0, 0.1) is 0 Å². The first-order valence-corrected chi connectivity index (χ1v) is 8.28. The molecule has 88 valence electrons. The maximum Gasteiger partial charge on any atom is 0.336 e. The molecular weight excluding hydrogens is 228 g/mol. The lowest BCUT2D eigenvalue weighted by Gasteiger charge is -2.44. The van der Waals surface area contributed by atoms with Gasteiger partial charge in [0.1, 0.15) is 16.9 Å². The predicted octanol–water partition coefficient (Wildman–Crippen LogP) is 1.35. The van der Waals surface area contributed by atoms with E-state index >= 15 is 0 Å². The van der Waals surface area contributed by atoms with Crippen LogP contribution in [-0.2, 0) is 0 Å². The Morgan fingerprint density at radius 1 is 1.31 bits per heavy atom. The molecule has 0 atom stereocenters. The van der Waals surface area contributed by atoms with Gasteiger partial charge in [0.25, 0.3) is 0 Å². The van der Waals surface area contributed by atoms with Gasteiger partial charge in [-0.2, -0.15) is 9.16 Å². The Labute approximate surface area is 92.4 Å². The fraction of sp³-hybridized carbons (Fsp3) is 0.333. The van der Waals surface area contributed by atoms with Crippen molar-refractivity contribution < 1.29 is 9.90 Å². The van der Waals surface area contributed by atoms with Crippen LogP contribution in [-0.4, -0.2) is 49.1 Å². The van der Waals surface area contributed by atoms with Crippen molar-refractivity contribution in [1.82, 2.24) is 19.9 Å². The van der Waals surface area contributed by atoms with Crippen molar-refractivity contribution in [2.75, 3.05) is 18.8 Å². The highest BCUT2D eigenvalue weighted by Gasteiger charge is 2.39. The molecule has 2 N–H and O–H groups in total. The SMILES string of the molecule is C[SH](C)(C)(C(=O)O)c1ncnc2[nH]cnc12. The Kier molecular flexibility index (Phi) is 2.00. The summed E-state index contributed by atoms with van der Waals surface area (Å²) in [7, 11) is -3.08. The molecule has 0 radical (unpaired) electrons. The first-order valence-electron chi connectivity index (χ1n) is 4.70. The highest BCUT2D eigenvalue weighted by atomic mass is 32.3. The van der Waals surface area contributed by atoms with E-state index < -0.39 is 14.5 Å². The van der Waals surface area contributed by atoms with E-state index in [2.05, 4.69) is 19.9 Å². The van der Waals surface area contributed by atoms with Gasteiger partial charge in [0.05, 0.1) is 6.33 Å². The van der Waals surface area contributed by atoms with Crippen molar-refractivity contribution in [3.8, 4) is 0 Å². The summed E-state index contributed by atoms with van der Waals surface area (Å²) in [5.74, 6) is 0. The van der Waals surface area contributed by atoms with Crippen molar-refractivity contribution in [3.05, 3.63) is 12.7 Å². The summed E-state index contributed by atoms with van der Waals surface area (Å²) in [5, 5.41) is 9.12. The average molecular weight is 242 g/mol. The van der Waals surface area contributed by atoms with Gasteiger partial charge in [-0.25, -0.2) is 19.7 Å². The molecule has 0 amide bonds. The number of fused-ring (bicyclic) bond motifs is 1. The van der Waals surface area contributed by atoms with Gasteiger partial charge in [-0.1, -0.05) is 0 Å². The molecule has 6 nitrogen and oxygen atoms in total. The molecule has 7 heteroatoms. The summed E-state index contributed by atoms with van der Waals surface area (Å²) < 4.78 is 0. The molecule has 0 aliphatic carbocycles. The number of nitrogens with one attached hydrogen (secondary N) is 1. The number of hydrogen-bond donors (Lipinski definition) is 3. The van der Waals surface area contributed by atoms with E-state index in [4.69, 9.17) is 0 Å². The van der Waals surface area contributed by atoms with E-state index in [1.54, 1.807) is 18.8 Å². The van der Waals surface area contributed by atoms with Crippen LogP contribution in [0.4, 0.5) is 4.79 Å². The number of thiol groups is 1. The van der Waals surface area contributed by atoms with Gasteiger partial charge in [0.15, 0.2) is 5.65 Å². The number of rotatable bonds is 1. The predicted molar refractivity (Wildman–Crippen MR) is 64.7 cm³/mol. The lowest BCUT2D eigenvalue weighted by molar-refractivity contribution is 0.220. The van der Waals surface area contributed by atoms with Crippen LogP contribution in [0.25, 0.3) is 11.2 Å². The maximum atomic E-state index is 11.5. The number of carboxylic acid groups (broad SMARTS) is 1. The molecule has 16 heavy (non-hydrogen) atoms. The van der Waals surface area contributed by atoms with Gasteiger partial charge < -0.3 is 10.1 Å². The number of nitrogens with zero attached hydrogens (tertiary/aromatic N) is 3. The zero-order valence-electron chi connectivity index (χ0n) is 9.30. The van der Waals surface area contributed by atoms with Crippen LogP contribution in [0.1, 0.15) is 0 Å². The van der Waals surface area contributed by atoms with Crippen molar-refractivity contribution in [2.24, 2.45) is 0 Å². The third-order valence-electron chi connectivity index (χ3n) is 2.61. The zero-order chi connectivity index (χ0) is 12.0. The Bertz CT molecular complexity index is 569. The topological polar surface area (TPSA) is 91.8 Å². The third kappa shape index (κ3) is 1.35. The lowest BCUT2D eigenvalue weighted by atomic mass is 10.6. The number of aromatic amines is 1. The Morgan fingerprint density at radius 3 is 2.62 bits per heavy atom. The molecule has 0 fully saturated rings. The average Bonchev–Trinajstić information content (AvgIpc) is 2.63. The minimum absolute atomic E-state index is 0.532. The highest BCUT2D eigenvalue weighted by Crippen LogP contribution is 2.67. The highest BCUT2D eigenvalue weighted by molar-refractivity contribution is 8.58. The van der Waals surface area contributed by atoms with Gasteiger partial charge >= 0.3 is 5.30 Å². The molecule has 0 saturated heterocycles. The van der Waals surface area contributed by atoms with Crippen LogP contribution in [0.3, 0.4) is 0 Å². The molecular formula is C9H14N4O2S. The fourth-order valence-corrected chi connectivity index (χ4v) is 2.96. The van der Waals surface area contributed by atoms with Crippen molar-refractivity contribution in [1.29, 1.82) is 0 Å². The van der Waals surface area contributed by atoms with Crippen LogP contribution in [0.2, 0.25) is 0 Å². The molecule has 0 aromatic carbocycles. The van der Waals surface area contributed by atoms with Crippen molar-refractivity contribution in [3.63, 3.8) is 0 Å². The fourth-order valence-electron chi connectivity index (χ4n) is 1.42. The summed E-state index contributed by atoms with van der Waals surface area (Å²) in [5.41, 5.74) is 1.13. The van der Waals surface area contributed by atoms with Crippen molar-refractivity contribution in [2.45, 2.75) is 5.03 Å². The van der Waals surface area contributed by atoms with E-state index in [1.165, 1.54) is 12.7 Å². The maximum absolute atomic E-state index is 11.5. The minimum atomic E-state index is -3.08. The molecule has 0 spiro atoms. The first kappa shape index (κ1) is 10.9. The standard InChI is InChI=1S/C9H14N4O2S/c1-16(2,3,9(14)15)8-6-7(11-4-10-6)12-5-13-8/h4-5,16H,1-3H3,(H,14,15)(H,10,11,12,13). The van der Waals surface area contributed by atoms with E-state index in [-0.39, 0.29) is 0 Å². The summed E-state index contributed by atoms with van der Waals surface area (Å²) >= 11 is 0. The normalized spacial score (nSPS) is 14.6. The number of carbonyl (C=O) groups is 1. The summed E-state index contributed by atoms with van der Waals surface area (Å²) in [4.78, 5) is 26.6. The largest absolute Gasteiger partial charge is 0.475 e. The molecule has 0 saturated carbocycles. The molecule has 0 unspecified atom stereocenters. The minimum Gasteiger partial charge on any atom is -0.475 e. The van der Waals surface area contributed by atoms with Gasteiger partial charge in [-0.15, -0.1) is 0 Å². The van der Waals surface area contributed by atoms with E-state index in [0.29, 0.717) is 16.2 Å². The Balaban J connectivity index is 2.82. The first-order chi connectivity index (χ1) is 7.31. The molecule has 2 heterocycles. The van der Waals surface area contributed by atoms with Crippen LogP contribution in [0.15, 0.2) is 17.7 Å².